The number of nitrogens with one attached hydrogen (secondary N) is 2. The molecule has 176 valence electrons. The molecule has 0 spiro atoms. The van der Waals surface area contributed by atoms with Crippen LogP contribution in [0.15, 0.2) is 24.3 Å². The number of para-hydroxylation sites is 1. The van der Waals surface area contributed by atoms with E-state index in [0.29, 0.717) is 30.5 Å². The summed E-state index contributed by atoms with van der Waals surface area (Å²) in [4.78, 5) is 14.3. The lowest BCUT2D eigenvalue weighted by molar-refractivity contribution is 0.230. The average molecular weight is 488 g/mol. The van der Waals surface area contributed by atoms with E-state index >= 15 is 0 Å². The molecule has 2 aliphatic carbocycles. The molecule has 0 saturated heterocycles. The highest BCUT2D eigenvalue weighted by atomic mass is 32.2. The van der Waals surface area contributed by atoms with Crippen LogP contribution in [0.3, 0.4) is 0 Å². The van der Waals surface area contributed by atoms with Crippen LogP contribution in [0.4, 0.5) is 11.8 Å². The number of aromatic nitrogens is 3. The van der Waals surface area contributed by atoms with Crippen LogP contribution >= 0.6 is 11.3 Å². The molecule has 3 aromatic rings. The number of sulfone groups is 1. The number of hydrogen-bond acceptors (Lipinski definition) is 9. The molecule has 1 aromatic carbocycles. The molecule has 33 heavy (non-hydrogen) atoms. The van der Waals surface area contributed by atoms with E-state index in [4.69, 9.17) is 15.0 Å². The molecule has 0 aliphatic heterocycles. The van der Waals surface area contributed by atoms with E-state index in [1.807, 2.05) is 31.2 Å². The van der Waals surface area contributed by atoms with Gasteiger partial charge in [-0.2, -0.15) is 4.98 Å². The number of fused-ring (bicyclic) bond motifs is 1. The van der Waals surface area contributed by atoms with Crippen molar-refractivity contribution in [1.29, 1.82) is 0 Å². The minimum absolute atomic E-state index is 0.111. The van der Waals surface area contributed by atoms with Crippen LogP contribution < -0.4 is 10.6 Å². The molecule has 2 aromatic heterocycles. The van der Waals surface area contributed by atoms with Crippen LogP contribution in [0.1, 0.15) is 31.4 Å². The predicted octanol–water partition coefficient (Wildman–Crippen LogP) is 3.48. The van der Waals surface area contributed by atoms with E-state index < -0.39 is 15.1 Å². The summed E-state index contributed by atoms with van der Waals surface area (Å²) >= 11 is 1.59. The first-order valence-corrected chi connectivity index (χ1v) is 14.1. The Bertz CT molecular complexity index is 1240. The van der Waals surface area contributed by atoms with Gasteiger partial charge in [0.15, 0.2) is 9.84 Å². The maximum atomic E-state index is 12.3. The lowest BCUT2D eigenvalue weighted by Crippen LogP contribution is -2.26. The second-order valence-electron chi connectivity index (χ2n) is 9.29. The van der Waals surface area contributed by atoms with Crippen molar-refractivity contribution in [3.63, 3.8) is 0 Å². The third-order valence-electron chi connectivity index (χ3n) is 6.60. The van der Waals surface area contributed by atoms with E-state index in [-0.39, 0.29) is 18.6 Å². The van der Waals surface area contributed by atoms with Crippen LogP contribution in [-0.4, -0.2) is 59.2 Å². The Morgan fingerprint density at radius 1 is 1.15 bits per heavy atom. The van der Waals surface area contributed by atoms with Crippen molar-refractivity contribution in [3.8, 4) is 10.6 Å². The Labute approximate surface area is 197 Å². The van der Waals surface area contributed by atoms with E-state index in [9.17, 15) is 13.5 Å². The normalized spacial score (nSPS) is 23.2. The van der Waals surface area contributed by atoms with Crippen LogP contribution in [0.5, 0.6) is 0 Å². The number of benzene rings is 1. The summed E-state index contributed by atoms with van der Waals surface area (Å²) in [6, 6.07) is 7.89. The molecule has 2 aliphatic rings. The first-order valence-electron chi connectivity index (χ1n) is 11.4. The van der Waals surface area contributed by atoms with Gasteiger partial charge in [-0.15, -0.1) is 11.3 Å². The minimum atomic E-state index is -3.25. The van der Waals surface area contributed by atoms with E-state index in [1.54, 1.807) is 11.3 Å². The SMILES string of the molecule is Cc1nc(NCC2CC2)nc(NC2C[C@H](CO)[C@H](S(C)(=O)=O)C2)c1-c1nc2ccccc2s1. The summed E-state index contributed by atoms with van der Waals surface area (Å²) in [5.41, 5.74) is 2.59. The Balaban J connectivity index is 1.50. The Morgan fingerprint density at radius 3 is 2.61 bits per heavy atom. The molecule has 2 fully saturated rings. The van der Waals surface area contributed by atoms with Gasteiger partial charge < -0.3 is 15.7 Å². The van der Waals surface area contributed by atoms with E-state index in [0.717, 1.165) is 33.0 Å². The summed E-state index contributed by atoms with van der Waals surface area (Å²) in [5.74, 6) is 1.64. The lowest BCUT2D eigenvalue weighted by Gasteiger charge is -2.18. The average Bonchev–Trinajstić information content (AvgIpc) is 3.34. The summed E-state index contributed by atoms with van der Waals surface area (Å²) in [7, 11) is -3.25. The first kappa shape index (κ1) is 22.5. The molecule has 0 radical (unpaired) electrons. The third kappa shape index (κ3) is 4.83. The zero-order valence-corrected chi connectivity index (χ0v) is 20.4. The summed E-state index contributed by atoms with van der Waals surface area (Å²) in [6.07, 6.45) is 4.74. The highest BCUT2D eigenvalue weighted by Gasteiger charge is 2.40. The fourth-order valence-corrected chi connectivity index (χ4v) is 7.21. The molecular formula is C23H29N5O3S2. The topological polar surface area (TPSA) is 117 Å². The molecule has 0 bridgehead atoms. The van der Waals surface area contributed by atoms with Gasteiger partial charge in [0.2, 0.25) is 5.95 Å². The maximum absolute atomic E-state index is 12.3. The Morgan fingerprint density at radius 2 is 1.94 bits per heavy atom. The van der Waals surface area contributed by atoms with Crippen LogP contribution in [-0.2, 0) is 9.84 Å². The second kappa shape index (κ2) is 8.81. The first-order chi connectivity index (χ1) is 15.8. The number of thiazole rings is 1. The molecule has 8 nitrogen and oxygen atoms in total. The van der Waals surface area contributed by atoms with Crippen molar-refractivity contribution in [2.45, 2.75) is 43.9 Å². The number of rotatable bonds is 8. The summed E-state index contributed by atoms with van der Waals surface area (Å²) in [6.45, 7) is 2.67. The molecular weight excluding hydrogens is 458 g/mol. The van der Waals surface area contributed by atoms with Crippen molar-refractivity contribution < 1.29 is 13.5 Å². The highest BCUT2D eigenvalue weighted by Crippen LogP contribution is 2.39. The highest BCUT2D eigenvalue weighted by molar-refractivity contribution is 7.91. The number of anilines is 2. The molecule has 2 heterocycles. The lowest BCUT2D eigenvalue weighted by atomic mass is 10.1. The second-order valence-corrected chi connectivity index (χ2v) is 12.6. The van der Waals surface area contributed by atoms with E-state index in [2.05, 4.69) is 10.6 Å². The molecule has 0 amide bonds. The number of nitrogens with zero attached hydrogens (tertiary/aromatic N) is 3. The van der Waals surface area contributed by atoms with Gasteiger partial charge in [-0.1, -0.05) is 12.1 Å². The van der Waals surface area contributed by atoms with Gasteiger partial charge in [-0.05, 0) is 50.7 Å². The van der Waals surface area contributed by atoms with E-state index in [1.165, 1.54) is 19.1 Å². The molecule has 5 rings (SSSR count). The number of aliphatic hydroxyl groups is 1. The molecule has 2 saturated carbocycles. The fourth-order valence-electron chi connectivity index (χ4n) is 4.66. The van der Waals surface area contributed by atoms with Crippen LogP contribution in [0.25, 0.3) is 20.8 Å². The summed E-state index contributed by atoms with van der Waals surface area (Å²) < 4.78 is 25.6. The van der Waals surface area contributed by atoms with Gasteiger partial charge >= 0.3 is 0 Å². The molecule has 3 N–H and O–H groups in total. The fraction of sp³-hybridized carbons (Fsp3) is 0.522. The van der Waals surface area contributed by atoms with Gasteiger partial charge in [0.05, 0.1) is 26.7 Å². The largest absolute Gasteiger partial charge is 0.396 e. The van der Waals surface area contributed by atoms with Crippen molar-refractivity contribution in [2.24, 2.45) is 11.8 Å². The smallest absolute Gasteiger partial charge is 0.224 e. The van der Waals surface area contributed by atoms with Crippen LogP contribution in [0.2, 0.25) is 0 Å². The predicted molar refractivity (Wildman–Crippen MR) is 132 cm³/mol. The van der Waals surface area contributed by atoms with Crippen molar-refractivity contribution in [2.75, 3.05) is 30.0 Å². The molecule has 1 unspecified atom stereocenters. The minimum Gasteiger partial charge on any atom is -0.396 e. The zero-order valence-electron chi connectivity index (χ0n) is 18.8. The van der Waals surface area contributed by atoms with Gasteiger partial charge in [0.1, 0.15) is 10.8 Å². The molecule has 10 heteroatoms. The number of aliphatic hydroxyl groups excluding tert-OH is 1. The quantitative estimate of drug-likeness (QED) is 0.442. The van der Waals surface area contributed by atoms with Crippen molar-refractivity contribution in [1.82, 2.24) is 15.0 Å². The number of aryl methyl sites for hydroxylation is 1. The molecule has 3 atom stereocenters. The van der Waals surface area contributed by atoms with Crippen molar-refractivity contribution in [3.05, 3.63) is 30.0 Å². The maximum Gasteiger partial charge on any atom is 0.224 e. The monoisotopic (exact) mass is 487 g/mol. The zero-order chi connectivity index (χ0) is 23.2. The van der Waals surface area contributed by atoms with Gasteiger partial charge in [-0.25, -0.2) is 18.4 Å². The Kier molecular flexibility index (Phi) is 6.00. The number of hydrogen-bond donors (Lipinski definition) is 3. The van der Waals surface area contributed by atoms with Crippen LogP contribution in [0, 0.1) is 18.8 Å². The third-order valence-corrected chi connectivity index (χ3v) is 9.33. The van der Waals surface area contributed by atoms with Crippen molar-refractivity contribution >= 4 is 43.2 Å². The Hall–Kier alpha value is -2.30. The standard InChI is InChI=1S/C23H29N5O3S2/c1-13-20(22-27-17-5-3-4-6-18(17)32-22)21(28-23(25-13)24-11-14-7-8-14)26-16-9-15(12-29)19(10-16)33(2,30)31/h3-6,14-16,19,29H,7-12H2,1-2H3,(H2,24,25,26,28)/t15-,16?,19-/m1/s1. The van der Waals surface area contributed by atoms with Gasteiger partial charge in [-0.3, -0.25) is 0 Å². The summed E-state index contributed by atoms with van der Waals surface area (Å²) in [5, 5.41) is 16.9. The van der Waals surface area contributed by atoms with Gasteiger partial charge in [0, 0.05) is 31.4 Å². The van der Waals surface area contributed by atoms with Gasteiger partial charge in [0.25, 0.3) is 0 Å².